The van der Waals surface area contributed by atoms with E-state index in [-0.39, 0.29) is 5.91 Å². The summed E-state index contributed by atoms with van der Waals surface area (Å²) in [7, 11) is 0. The quantitative estimate of drug-likeness (QED) is 0.205. The van der Waals surface area contributed by atoms with Gasteiger partial charge in [-0.15, -0.1) is 0 Å². The Morgan fingerprint density at radius 3 is 1.35 bits per heavy atom. The highest BCUT2D eigenvalue weighted by molar-refractivity contribution is 5.86. The minimum absolute atomic E-state index is 0.0688. The molecule has 0 unspecified atom stereocenters. The highest BCUT2D eigenvalue weighted by Gasteiger charge is 1.97. The molecule has 0 atom stereocenters. The largest absolute Gasteiger partial charge is 0.481 e. The molecule has 0 aliphatic heterocycles. The lowest BCUT2D eigenvalue weighted by Crippen LogP contribution is -2.21. The van der Waals surface area contributed by atoms with Gasteiger partial charge in [0.25, 0.3) is 0 Å². The lowest BCUT2D eigenvalue weighted by atomic mass is 10.0. The number of amides is 1. The van der Waals surface area contributed by atoms with E-state index in [2.05, 4.69) is 11.9 Å². The third-order valence-corrected chi connectivity index (χ3v) is 4.80. The zero-order valence-electron chi connectivity index (χ0n) is 16.8. The van der Waals surface area contributed by atoms with E-state index in [4.69, 9.17) is 5.11 Å². The van der Waals surface area contributed by atoms with Gasteiger partial charge >= 0.3 is 5.97 Å². The van der Waals surface area contributed by atoms with E-state index in [0.29, 0.717) is 6.42 Å². The molecule has 0 aliphatic carbocycles. The van der Waals surface area contributed by atoms with Crippen molar-refractivity contribution in [3.05, 3.63) is 12.7 Å². The van der Waals surface area contributed by atoms with Crippen LogP contribution in [0, 0.1) is 0 Å². The summed E-state index contributed by atoms with van der Waals surface area (Å²) in [6, 6.07) is 0. The standard InChI is InChI=1S/C22H41NO3/c1-2-21(24)23-20-18-16-14-12-10-8-6-4-3-5-7-9-11-13-15-17-19-22(25)26/h2H,1,3-20H2,(H,23,24)(H,25,26). The number of aliphatic carboxylic acids is 1. The molecule has 0 heterocycles. The molecule has 0 saturated carbocycles. The summed E-state index contributed by atoms with van der Waals surface area (Å²) in [5.41, 5.74) is 0. The van der Waals surface area contributed by atoms with Crippen LogP contribution in [0.25, 0.3) is 0 Å². The van der Waals surface area contributed by atoms with Crippen LogP contribution < -0.4 is 5.32 Å². The van der Waals surface area contributed by atoms with Crippen molar-refractivity contribution >= 4 is 11.9 Å². The first-order valence-electron chi connectivity index (χ1n) is 10.8. The summed E-state index contributed by atoms with van der Waals surface area (Å²) in [6.07, 6.45) is 21.7. The molecular formula is C22H41NO3. The van der Waals surface area contributed by atoms with Gasteiger partial charge in [0.1, 0.15) is 0 Å². The van der Waals surface area contributed by atoms with Crippen molar-refractivity contribution in [1.82, 2.24) is 5.32 Å². The van der Waals surface area contributed by atoms with Crippen LogP contribution in [0.3, 0.4) is 0 Å². The second-order valence-electron chi connectivity index (χ2n) is 7.30. The van der Waals surface area contributed by atoms with Crippen LogP contribution in [0.1, 0.15) is 109 Å². The zero-order chi connectivity index (χ0) is 19.3. The molecule has 0 bridgehead atoms. The molecule has 0 saturated heterocycles. The van der Waals surface area contributed by atoms with Crippen LogP contribution in [-0.4, -0.2) is 23.5 Å². The third-order valence-electron chi connectivity index (χ3n) is 4.80. The number of carboxylic acids is 1. The number of rotatable bonds is 20. The summed E-state index contributed by atoms with van der Waals surface area (Å²) < 4.78 is 0. The van der Waals surface area contributed by atoms with Gasteiger partial charge in [0.15, 0.2) is 0 Å². The summed E-state index contributed by atoms with van der Waals surface area (Å²) in [4.78, 5) is 21.3. The van der Waals surface area contributed by atoms with Crippen LogP contribution >= 0.6 is 0 Å². The Bertz CT molecular complexity index is 355. The number of hydrogen-bond donors (Lipinski definition) is 2. The van der Waals surface area contributed by atoms with Gasteiger partial charge in [-0.3, -0.25) is 9.59 Å². The molecule has 0 aromatic heterocycles. The maximum atomic E-state index is 11.0. The van der Waals surface area contributed by atoms with Gasteiger partial charge in [-0.25, -0.2) is 0 Å². The van der Waals surface area contributed by atoms with E-state index in [0.717, 1.165) is 25.8 Å². The van der Waals surface area contributed by atoms with Crippen molar-refractivity contribution < 1.29 is 14.7 Å². The minimum atomic E-state index is -0.667. The fourth-order valence-electron chi connectivity index (χ4n) is 3.16. The van der Waals surface area contributed by atoms with Crippen molar-refractivity contribution in [1.29, 1.82) is 0 Å². The van der Waals surface area contributed by atoms with Gasteiger partial charge in [0, 0.05) is 13.0 Å². The highest BCUT2D eigenvalue weighted by atomic mass is 16.4. The lowest BCUT2D eigenvalue weighted by molar-refractivity contribution is -0.137. The summed E-state index contributed by atoms with van der Waals surface area (Å²) in [5.74, 6) is -0.736. The Morgan fingerprint density at radius 2 is 1.00 bits per heavy atom. The van der Waals surface area contributed by atoms with E-state index in [1.165, 1.54) is 89.5 Å². The van der Waals surface area contributed by atoms with Crippen molar-refractivity contribution in [2.45, 2.75) is 109 Å². The number of unbranched alkanes of at least 4 members (excludes halogenated alkanes) is 15. The topological polar surface area (TPSA) is 66.4 Å². The molecule has 0 radical (unpaired) electrons. The first kappa shape index (κ1) is 24.7. The Kier molecular flexibility index (Phi) is 19.0. The van der Waals surface area contributed by atoms with Crippen LogP contribution in [0.5, 0.6) is 0 Å². The van der Waals surface area contributed by atoms with Crippen molar-refractivity contribution in [3.8, 4) is 0 Å². The predicted molar refractivity (Wildman–Crippen MR) is 109 cm³/mol. The Balaban J connectivity index is 3.04. The minimum Gasteiger partial charge on any atom is -0.481 e. The molecule has 0 spiro atoms. The molecule has 0 aromatic carbocycles. The van der Waals surface area contributed by atoms with Gasteiger partial charge in [-0.2, -0.15) is 0 Å². The van der Waals surface area contributed by atoms with E-state index < -0.39 is 5.97 Å². The maximum absolute atomic E-state index is 11.0. The molecule has 0 rings (SSSR count). The van der Waals surface area contributed by atoms with Crippen molar-refractivity contribution in [2.24, 2.45) is 0 Å². The van der Waals surface area contributed by atoms with Crippen LogP contribution in [0.4, 0.5) is 0 Å². The monoisotopic (exact) mass is 367 g/mol. The number of carbonyl (C=O) groups is 2. The Labute approximate surface area is 160 Å². The highest BCUT2D eigenvalue weighted by Crippen LogP contribution is 2.13. The van der Waals surface area contributed by atoms with Crippen LogP contribution in [0.2, 0.25) is 0 Å². The Hall–Kier alpha value is -1.32. The number of carbonyl (C=O) groups excluding carboxylic acids is 1. The van der Waals surface area contributed by atoms with E-state index in [1.807, 2.05) is 0 Å². The normalized spacial score (nSPS) is 10.6. The lowest BCUT2D eigenvalue weighted by Gasteiger charge is -2.04. The van der Waals surface area contributed by atoms with Crippen LogP contribution in [0.15, 0.2) is 12.7 Å². The van der Waals surface area contributed by atoms with E-state index in [9.17, 15) is 9.59 Å². The van der Waals surface area contributed by atoms with Gasteiger partial charge < -0.3 is 10.4 Å². The molecule has 0 fully saturated rings. The first-order valence-corrected chi connectivity index (χ1v) is 10.8. The van der Waals surface area contributed by atoms with Gasteiger partial charge in [-0.05, 0) is 18.9 Å². The molecule has 1 amide bonds. The summed E-state index contributed by atoms with van der Waals surface area (Å²) in [5, 5.41) is 11.4. The predicted octanol–water partition coefficient (Wildman–Crippen LogP) is 6.00. The van der Waals surface area contributed by atoms with E-state index >= 15 is 0 Å². The molecule has 2 N–H and O–H groups in total. The second kappa shape index (κ2) is 20.0. The van der Waals surface area contributed by atoms with Crippen LogP contribution in [-0.2, 0) is 9.59 Å². The molecule has 26 heavy (non-hydrogen) atoms. The van der Waals surface area contributed by atoms with Crippen molar-refractivity contribution in [3.63, 3.8) is 0 Å². The van der Waals surface area contributed by atoms with Gasteiger partial charge in [0.2, 0.25) is 5.91 Å². The van der Waals surface area contributed by atoms with Gasteiger partial charge in [-0.1, -0.05) is 96.5 Å². The second-order valence-corrected chi connectivity index (χ2v) is 7.30. The molecule has 0 aromatic rings. The van der Waals surface area contributed by atoms with E-state index in [1.54, 1.807) is 0 Å². The zero-order valence-corrected chi connectivity index (χ0v) is 16.8. The summed E-state index contributed by atoms with van der Waals surface area (Å²) in [6.45, 7) is 4.21. The van der Waals surface area contributed by atoms with Crippen molar-refractivity contribution in [2.75, 3.05) is 6.54 Å². The molecule has 4 nitrogen and oxygen atoms in total. The Morgan fingerprint density at radius 1 is 0.654 bits per heavy atom. The smallest absolute Gasteiger partial charge is 0.303 e. The maximum Gasteiger partial charge on any atom is 0.303 e. The number of nitrogens with one attached hydrogen (secondary N) is 1. The summed E-state index contributed by atoms with van der Waals surface area (Å²) >= 11 is 0. The molecule has 152 valence electrons. The molecule has 0 aliphatic rings. The number of hydrogen-bond acceptors (Lipinski definition) is 2. The van der Waals surface area contributed by atoms with Gasteiger partial charge in [0.05, 0.1) is 0 Å². The fourth-order valence-corrected chi connectivity index (χ4v) is 3.16. The first-order chi connectivity index (χ1) is 12.7. The number of carboxylic acid groups (broad SMARTS) is 1. The average molecular weight is 368 g/mol. The SMILES string of the molecule is C=CC(=O)NCCCCCCCCCCCCCCCCCCC(=O)O. The third kappa shape index (κ3) is 20.7. The average Bonchev–Trinajstić information content (AvgIpc) is 2.63. The molecule has 4 heteroatoms. The fraction of sp³-hybridized carbons (Fsp3) is 0.818. The molecular weight excluding hydrogens is 326 g/mol.